The van der Waals surface area contributed by atoms with E-state index >= 15 is 0 Å². The minimum atomic E-state index is -0.163. The lowest BCUT2D eigenvalue weighted by Crippen LogP contribution is -2.04. The maximum atomic E-state index is 13.2. The number of ketones is 1. The summed E-state index contributed by atoms with van der Waals surface area (Å²) in [6.45, 7) is 1.99. The van der Waals surface area contributed by atoms with Crippen LogP contribution in [0.25, 0.3) is 27.9 Å². The minimum absolute atomic E-state index is 0.163. The van der Waals surface area contributed by atoms with Crippen molar-refractivity contribution in [1.29, 1.82) is 0 Å². The number of fused-ring (bicyclic) bond motifs is 2. The van der Waals surface area contributed by atoms with Crippen molar-refractivity contribution in [2.75, 3.05) is 0 Å². The Hall–Kier alpha value is -3.86. The fraction of sp³-hybridized carbons (Fsp3) is 0.0435. The number of carbonyl (C=O) groups is 1. The van der Waals surface area contributed by atoms with Crippen molar-refractivity contribution in [1.82, 2.24) is 19.7 Å². The fourth-order valence-corrected chi connectivity index (χ4v) is 3.24. The number of benzene rings is 3. The zero-order chi connectivity index (χ0) is 19.1. The van der Waals surface area contributed by atoms with E-state index in [1.54, 1.807) is 4.68 Å². The molecule has 5 nitrogen and oxygen atoms in total. The first-order valence-corrected chi connectivity index (χ1v) is 9.03. The highest BCUT2D eigenvalue weighted by atomic mass is 16.1. The van der Waals surface area contributed by atoms with Crippen LogP contribution in [0.4, 0.5) is 0 Å². The molecule has 0 fully saturated rings. The number of para-hydroxylation sites is 3. The van der Waals surface area contributed by atoms with Gasteiger partial charge in [-0.25, -0.2) is 14.6 Å². The number of carbonyl (C=O) groups excluding carboxylic acids is 1. The molecule has 5 aromatic rings. The van der Waals surface area contributed by atoms with Crippen LogP contribution in [0.2, 0.25) is 0 Å². The first-order valence-electron chi connectivity index (χ1n) is 9.03. The molecule has 28 heavy (non-hydrogen) atoms. The second-order valence-electron chi connectivity index (χ2n) is 6.68. The average molecular weight is 364 g/mol. The molecule has 0 saturated heterocycles. The van der Waals surface area contributed by atoms with Crippen LogP contribution in [0.5, 0.6) is 0 Å². The molecule has 0 atom stereocenters. The molecule has 0 unspecified atom stereocenters. The molecule has 5 heteroatoms. The molecule has 0 radical (unpaired) electrons. The smallest absolute Gasteiger partial charge is 0.215 e. The molecule has 2 heterocycles. The van der Waals surface area contributed by atoms with E-state index in [0.29, 0.717) is 22.4 Å². The lowest BCUT2D eigenvalue weighted by atomic mass is 10.1. The molecular formula is C23H16N4O. The van der Waals surface area contributed by atoms with E-state index in [1.807, 2.05) is 85.8 Å². The van der Waals surface area contributed by atoms with E-state index in [2.05, 4.69) is 5.10 Å². The minimum Gasteiger partial charge on any atom is -0.287 e. The molecule has 2 aromatic heterocycles. The first-order chi connectivity index (χ1) is 13.7. The van der Waals surface area contributed by atoms with Crippen molar-refractivity contribution in [2.24, 2.45) is 0 Å². The maximum absolute atomic E-state index is 13.2. The molecule has 0 spiro atoms. The molecular weight excluding hydrogens is 348 g/mol. The third-order valence-corrected chi connectivity index (χ3v) is 4.71. The molecule has 5 rings (SSSR count). The average Bonchev–Trinajstić information content (AvgIpc) is 3.11. The Bertz CT molecular complexity index is 1320. The lowest BCUT2D eigenvalue weighted by Gasteiger charge is -2.02. The highest BCUT2D eigenvalue weighted by Gasteiger charge is 2.22. The Morgan fingerprint density at radius 3 is 2.14 bits per heavy atom. The van der Waals surface area contributed by atoms with Gasteiger partial charge in [0.05, 0.1) is 16.7 Å². The molecule has 3 aromatic carbocycles. The summed E-state index contributed by atoms with van der Waals surface area (Å²) in [4.78, 5) is 22.7. The summed E-state index contributed by atoms with van der Waals surface area (Å²) in [5.74, 6) is -0.163. The molecule has 0 aliphatic rings. The monoisotopic (exact) mass is 364 g/mol. The lowest BCUT2D eigenvalue weighted by molar-refractivity contribution is 0.103. The van der Waals surface area contributed by atoms with Gasteiger partial charge in [0, 0.05) is 5.56 Å². The van der Waals surface area contributed by atoms with Crippen LogP contribution < -0.4 is 0 Å². The first kappa shape index (κ1) is 16.3. The quantitative estimate of drug-likeness (QED) is 0.442. The summed E-state index contributed by atoms with van der Waals surface area (Å²) in [6.07, 6.45) is 0. The van der Waals surface area contributed by atoms with E-state index in [-0.39, 0.29) is 5.78 Å². The van der Waals surface area contributed by atoms with Crippen LogP contribution in [0.15, 0.2) is 78.9 Å². The van der Waals surface area contributed by atoms with Gasteiger partial charge in [-0.1, -0.05) is 60.2 Å². The topological polar surface area (TPSA) is 60.7 Å². The Morgan fingerprint density at radius 1 is 0.786 bits per heavy atom. The number of nitrogens with zero attached hydrogens (tertiary/aromatic N) is 4. The highest BCUT2D eigenvalue weighted by Crippen LogP contribution is 2.24. The zero-order valence-corrected chi connectivity index (χ0v) is 15.2. The number of aromatic nitrogens is 4. The van der Waals surface area contributed by atoms with Crippen LogP contribution in [-0.4, -0.2) is 25.5 Å². The van der Waals surface area contributed by atoms with E-state index in [4.69, 9.17) is 9.97 Å². The van der Waals surface area contributed by atoms with Crippen molar-refractivity contribution in [2.45, 2.75) is 6.92 Å². The number of rotatable bonds is 3. The largest absolute Gasteiger partial charge is 0.287 e. The SMILES string of the molecule is Cc1ccc(C(=O)c2nn(-c3ccccc3)c3nc4ccccc4nc23)cc1. The van der Waals surface area contributed by atoms with Gasteiger partial charge in [-0.3, -0.25) is 4.79 Å². The Kier molecular flexibility index (Phi) is 3.72. The van der Waals surface area contributed by atoms with Crippen LogP contribution in [0.1, 0.15) is 21.6 Å². The second kappa shape index (κ2) is 6.39. The van der Waals surface area contributed by atoms with Gasteiger partial charge in [-0.15, -0.1) is 0 Å². The van der Waals surface area contributed by atoms with Gasteiger partial charge in [0.2, 0.25) is 5.78 Å². The van der Waals surface area contributed by atoms with Crippen molar-refractivity contribution in [3.63, 3.8) is 0 Å². The molecule has 0 N–H and O–H groups in total. The highest BCUT2D eigenvalue weighted by molar-refractivity contribution is 6.14. The van der Waals surface area contributed by atoms with Gasteiger partial charge in [-0.05, 0) is 31.2 Å². The van der Waals surface area contributed by atoms with E-state index < -0.39 is 0 Å². The third-order valence-electron chi connectivity index (χ3n) is 4.71. The summed E-state index contributed by atoms with van der Waals surface area (Å²) in [5.41, 5.74) is 5.40. The van der Waals surface area contributed by atoms with E-state index in [0.717, 1.165) is 22.3 Å². The zero-order valence-electron chi connectivity index (χ0n) is 15.2. The van der Waals surface area contributed by atoms with Crippen molar-refractivity contribution >= 4 is 28.0 Å². The van der Waals surface area contributed by atoms with Crippen molar-refractivity contribution in [3.05, 3.63) is 95.7 Å². The summed E-state index contributed by atoms with van der Waals surface area (Å²) >= 11 is 0. The number of aryl methyl sites for hydroxylation is 1. The second-order valence-corrected chi connectivity index (χ2v) is 6.68. The van der Waals surface area contributed by atoms with Crippen LogP contribution in [0.3, 0.4) is 0 Å². The van der Waals surface area contributed by atoms with Crippen molar-refractivity contribution in [3.8, 4) is 5.69 Å². The van der Waals surface area contributed by atoms with Crippen LogP contribution in [0, 0.1) is 6.92 Å². The van der Waals surface area contributed by atoms with Gasteiger partial charge in [0.1, 0.15) is 5.52 Å². The molecule has 0 saturated carbocycles. The number of hydrogen-bond donors (Lipinski definition) is 0. The van der Waals surface area contributed by atoms with Gasteiger partial charge in [0.25, 0.3) is 0 Å². The predicted molar refractivity (Wildman–Crippen MR) is 109 cm³/mol. The van der Waals surface area contributed by atoms with Gasteiger partial charge in [-0.2, -0.15) is 5.10 Å². The maximum Gasteiger partial charge on any atom is 0.215 e. The standard InChI is InChI=1S/C23H16N4O/c1-15-11-13-16(14-12-15)22(28)20-21-23(25-19-10-6-5-9-18(19)24-21)27(26-20)17-7-3-2-4-8-17/h2-14H,1H3. The fourth-order valence-electron chi connectivity index (χ4n) is 3.24. The Morgan fingerprint density at radius 2 is 1.43 bits per heavy atom. The molecule has 0 aliphatic heterocycles. The van der Waals surface area contributed by atoms with E-state index in [1.165, 1.54) is 0 Å². The summed E-state index contributed by atoms with van der Waals surface area (Å²) < 4.78 is 1.69. The van der Waals surface area contributed by atoms with Crippen molar-refractivity contribution < 1.29 is 4.79 Å². The van der Waals surface area contributed by atoms with Gasteiger partial charge in [0.15, 0.2) is 11.3 Å². The molecule has 0 bridgehead atoms. The Labute approximate surface area is 161 Å². The normalized spacial score (nSPS) is 11.2. The third kappa shape index (κ3) is 2.65. The molecule has 0 amide bonds. The summed E-state index contributed by atoms with van der Waals surface area (Å²) in [6, 6.07) is 24.8. The summed E-state index contributed by atoms with van der Waals surface area (Å²) in [7, 11) is 0. The predicted octanol–water partition coefficient (Wildman–Crippen LogP) is 4.51. The van der Waals surface area contributed by atoms with E-state index in [9.17, 15) is 4.79 Å². The van der Waals surface area contributed by atoms with Crippen LogP contribution in [-0.2, 0) is 0 Å². The molecule has 134 valence electrons. The summed E-state index contributed by atoms with van der Waals surface area (Å²) in [5, 5.41) is 4.62. The Balaban J connectivity index is 1.79. The number of hydrogen-bond acceptors (Lipinski definition) is 4. The molecule has 0 aliphatic carbocycles. The van der Waals surface area contributed by atoms with Crippen LogP contribution >= 0.6 is 0 Å². The van der Waals surface area contributed by atoms with Gasteiger partial charge < -0.3 is 0 Å². The van der Waals surface area contributed by atoms with Gasteiger partial charge >= 0.3 is 0 Å².